The van der Waals surface area contributed by atoms with Crippen molar-refractivity contribution in [2.24, 2.45) is 0 Å². The Balaban J connectivity index is 1.33. The van der Waals surface area contributed by atoms with Gasteiger partial charge in [-0.2, -0.15) is 0 Å². The van der Waals surface area contributed by atoms with Gasteiger partial charge in [-0.15, -0.1) is 0 Å². The fraction of sp³-hybridized carbons (Fsp3) is 0.559. The number of ether oxygens (including phenoxy) is 7. The number of aromatic hydroxyl groups is 2. The van der Waals surface area contributed by atoms with Gasteiger partial charge in [0.05, 0.1) is 26.9 Å². The van der Waals surface area contributed by atoms with E-state index in [-0.39, 0.29) is 34.0 Å². The minimum atomic E-state index is -2.00. The summed E-state index contributed by atoms with van der Waals surface area (Å²) in [6.07, 6.45) is -27.2. The fourth-order valence-corrected chi connectivity index (χ4v) is 6.51. The van der Waals surface area contributed by atoms with E-state index in [0.29, 0.717) is 5.56 Å². The van der Waals surface area contributed by atoms with Crippen molar-refractivity contribution in [3.63, 3.8) is 0 Å². The first-order valence-electron chi connectivity index (χ1n) is 16.9. The normalized spacial score (nSPS) is 36.8. The molecule has 0 amide bonds. The predicted molar refractivity (Wildman–Crippen MR) is 177 cm³/mol. The van der Waals surface area contributed by atoms with E-state index in [9.17, 15) is 66.1 Å². The lowest BCUT2D eigenvalue weighted by molar-refractivity contribution is -0.389. The number of fused-ring (bicyclic) bond motifs is 1. The molecule has 4 heterocycles. The summed E-state index contributed by atoms with van der Waals surface area (Å²) in [6.45, 7) is -2.56. The SMILES string of the molecule is COc1cc(-c2cc(=O)c3c(O)cc(OC4OC(CO)C(O)C(O)C4OC4OC(CO)C(O)C(O)C4OC4OC(CO)C(O)C(O)C4O)cc3o2)ccc1O. The maximum atomic E-state index is 13.1. The molecule has 0 radical (unpaired) electrons. The van der Waals surface area contributed by atoms with Crippen molar-refractivity contribution < 1.29 is 98.9 Å². The lowest BCUT2D eigenvalue weighted by Crippen LogP contribution is -2.67. The van der Waals surface area contributed by atoms with Gasteiger partial charge in [0.15, 0.2) is 35.6 Å². The zero-order valence-electron chi connectivity index (χ0n) is 28.8. The van der Waals surface area contributed by atoms with Crippen LogP contribution in [0.25, 0.3) is 22.3 Å². The number of hydrogen-bond acceptors (Lipinski definition) is 21. The van der Waals surface area contributed by atoms with Crippen LogP contribution in [0.1, 0.15) is 0 Å². The Kier molecular flexibility index (Phi) is 12.5. The smallest absolute Gasteiger partial charge is 0.229 e. The highest BCUT2D eigenvalue weighted by Gasteiger charge is 2.54. The molecule has 15 unspecified atom stereocenters. The number of aliphatic hydroxyl groups excluding tert-OH is 10. The van der Waals surface area contributed by atoms with Crippen LogP contribution < -0.4 is 14.9 Å². The second-order valence-electron chi connectivity index (χ2n) is 13.1. The summed E-state index contributed by atoms with van der Waals surface area (Å²) in [5, 5.41) is 125. The molecule has 21 heteroatoms. The summed E-state index contributed by atoms with van der Waals surface area (Å²) in [5.41, 5.74) is -0.558. The van der Waals surface area contributed by atoms with Gasteiger partial charge in [-0.05, 0) is 18.2 Å². The molecular weight excluding hydrogens is 744 g/mol. The van der Waals surface area contributed by atoms with Gasteiger partial charge in [0, 0.05) is 23.8 Å². The van der Waals surface area contributed by atoms with Crippen LogP contribution in [0.4, 0.5) is 0 Å². The van der Waals surface area contributed by atoms with Crippen molar-refractivity contribution in [3.8, 4) is 34.3 Å². The van der Waals surface area contributed by atoms with E-state index in [0.717, 1.165) is 12.1 Å². The number of aliphatic hydroxyl groups is 10. The van der Waals surface area contributed by atoms with Crippen LogP contribution >= 0.6 is 0 Å². The molecule has 0 saturated carbocycles. The molecule has 2 aromatic carbocycles. The largest absolute Gasteiger partial charge is 0.507 e. The summed E-state index contributed by atoms with van der Waals surface area (Å²) >= 11 is 0. The summed E-state index contributed by atoms with van der Waals surface area (Å²) in [7, 11) is 1.32. The first-order valence-corrected chi connectivity index (χ1v) is 16.9. The van der Waals surface area contributed by atoms with Crippen LogP contribution in [0.15, 0.2) is 45.6 Å². The topological polar surface area (TPSA) is 338 Å². The van der Waals surface area contributed by atoms with Crippen molar-refractivity contribution in [2.75, 3.05) is 26.9 Å². The van der Waals surface area contributed by atoms with E-state index in [2.05, 4.69) is 0 Å². The third kappa shape index (κ3) is 7.96. The second kappa shape index (κ2) is 16.8. The minimum Gasteiger partial charge on any atom is -0.507 e. The number of hydrogen-bond donors (Lipinski definition) is 12. The Bertz CT molecular complexity index is 1840. The molecule has 3 aliphatic rings. The van der Waals surface area contributed by atoms with Gasteiger partial charge in [0.2, 0.25) is 6.29 Å². The van der Waals surface area contributed by atoms with Crippen molar-refractivity contribution in [1.82, 2.24) is 0 Å². The second-order valence-corrected chi connectivity index (χ2v) is 13.1. The zero-order chi connectivity index (χ0) is 39.9. The standard InChI is InChI=1S/C34H42O21/c1-48-17-4-11(2-3-13(17)38)16-7-15(40)22-14(39)5-12(6-18(22)50-16)49-33-30(27(45)24(42)20(9-36)52-33)55-34-31(28(46)25(43)21(10-37)53-34)54-32-29(47)26(44)23(41)19(8-35)51-32/h2-7,19-21,23-39,41-47H,8-10H2,1H3. The molecule has 21 nitrogen and oxygen atoms in total. The molecule has 3 aliphatic heterocycles. The first kappa shape index (κ1) is 40.9. The van der Waals surface area contributed by atoms with Crippen LogP contribution in [0.5, 0.6) is 23.0 Å². The zero-order valence-corrected chi connectivity index (χ0v) is 28.8. The third-order valence-corrected chi connectivity index (χ3v) is 9.58. The quantitative estimate of drug-likeness (QED) is 0.0875. The highest BCUT2D eigenvalue weighted by Crippen LogP contribution is 2.37. The molecule has 6 rings (SSSR count). The van der Waals surface area contributed by atoms with Gasteiger partial charge >= 0.3 is 0 Å². The first-order chi connectivity index (χ1) is 26.2. The molecule has 1 aromatic heterocycles. The van der Waals surface area contributed by atoms with E-state index in [1.807, 2.05) is 0 Å². The summed E-state index contributed by atoms with van der Waals surface area (Å²) in [4.78, 5) is 13.1. The summed E-state index contributed by atoms with van der Waals surface area (Å²) in [5.74, 6) is -0.983. The average molecular weight is 787 g/mol. The van der Waals surface area contributed by atoms with Crippen LogP contribution in [0.3, 0.4) is 0 Å². The summed E-state index contributed by atoms with van der Waals surface area (Å²) < 4.78 is 45.3. The monoisotopic (exact) mass is 786 g/mol. The predicted octanol–water partition coefficient (Wildman–Crippen LogP) is -4.29. The van der Waals surface area contributed by atoms with E-state index >= 15 is 0 Å². The number of benzene rings is 2. The van der Waals surface area contributed by atoms with Crippen LogP contribution in [-0.4, -0.2) is 180 Å². The number of phenols is 2. The fourth-order valence-electron chi connectivity index (χ4n) is 6.51. The molecule has 304 valence electrons. The van der Waals surface area contributed by atoms with Crippen molar-refractivity contribution >= 4 is 11.0 Å². The Morgan fingerprint density at radius 2 is 1.16 bits per heavy atom. The van der Waals surface area contributed by atoms with E-state index in [1.165, 1.54) is 31.4 Å². The highest BCUT2D eigenvalue weighted by atomic mass is 16.8. The molecule has 0 aliphatic carbocycles. The Labute approximate surface area is 309 Å². The van der Waals surface area contributed by atoms with Gasteiger partial charge in [-0.25, -0.2) is 0 Å². The Morgan fingerprint density at radius 1 is 0.618 bits per heavy atom. The van der Waals surface area contributed by atoms with Crippen molar-refractivity contribution in [2.45, 2.75) is 92.1 Å². The van der Waals surface area contributed by atoms with Crippen LogP contribution in [-0.2, 0) is 23.7 Å². The van der Waals surface area contributed by atoms with E-state index in [4.69, 9.17) is 37.6 Å². The molecule has 3 fully saturated rings. The number of methoxy groups -OCH3 is 1. The average Bonchev–Trinajstić information content (AvgIpc) is 3.16. The van der Waals surface area contributed by atoms with Crippen LogP contribution in [0.2, 0.25) is 0 Å². The Morgan fingerprint density at radius 3 is 1.76 bits per heavy atom. The number of phenolic OH excluding ortho intramolecular Hbond substituents is 2. The molecule has 12 N–H and O–H groups in total. The molecule has 0 spiro atoms. The molecule has 3 saturated heterocycles. The third-order valence-electron chi connectivity index (χ3n) is 9.58. The van der Waals surface area contributed by atoms with Gasteiger partial charge < -0.3 is 98.9 Å². The molecule has 0 bridgehead atoms. The molecule has 15 atom stereocenters. The number of rotatable bonds is 11. The van der Waals surface area contributed by atoms with Gasteiger partial charge in [-0.1, -0.05) is 0 Å². The maximum Gasteiger partial charge on any atom is 0.229 e. The Hall–Kier alpha value is -3.75. The van der Waals surface area contributed by atoms with Gasteiger partial charge in [0.1, 0.15) is 95.4 Å². The van der Waals surface area contributed by atoms with Crippen molar-refractivity contribution in [1.29, 1.82) is 0 Å². The lowest BCUT2D eigenvalue weighted by Gasteiger charge is -2.48. The summed E-state index contributed by atoms with van der Waals surface area (Å²) in [6, 6.07) is 7.43. The van der Waals surface area contributed by atoms with Crippen LogP contribution in [0, 0.1) is 0 Å². The minimum absolute atomic E-state index is 0.000406. The van der Waals surface area contributed by atoms with Crippen molar-refractivity contribution in [3.05, 3.63) is 46.6 Å². The maximum absolute atomic E-state index is 13.1. The molecule has 3 aromatic rings. The lowest BCUT2D eigenvalue weighted by atomic mass is 9.96. The van der Waals surface area contributed by atoms with Gasteiger partial charge in [0.25, 0.3) is 0 Å². The van der Waals surface area contributed by atoms with E-state index < -0.39 is 123 Å². The molecular formula is C34H42O21. The van der Waals surface area contributed by atoms with Gasteiger partial charge in [-0.3, -0.25) is 4.79 Å². The highest BCUT2D eigenvalue weighted by molar-refractivity contribution is 5.86. The van der Waals surface area contributed by atoms with E-state index in [1.54, 1.807) is 0 Å². The molecule has 55 heavy (non-hydrogen) atoms.